The average molecular weight is 312 g/mol. The molecule has 0 spiro atoms. The summed E-state index contributed by atoms with van der Waals surface area (Å²) >= 11 is 0. The number of hydrogen-bond donors (Lipinski definition) is 2. The van der Waals surface area contributed by atoms with E-state index in [1.54, 1.807) is 24.3 Å². The quantitative estimate of drug-likeness (QED) is 0.842. The zero-order chi connectivity index (χ0) is 15.1. The Morgan fingerprint density at radius 3 is 2.71 bits per heavy atom. The van der Waals surface area contributed by atoms with Gasteiger partial charge in [-0.25, -0.2) is 13.1 Å². The molecule has 1 aliphatic heterocycles. The summed E-state index contributed by atoms with van der Waals surface area (Å²) in [6.07, 6.45) is 3.63. The van der Waals surface area contributed by atoms with E-state index < -0.39 is 10.0 Å². The predicted octanol–water partition coefficient (Wildman–Crippen LogP) is 1.90. The summed E-state index contributed by atoms with van der Waals surface area (Å²) in [4.78, 5) is 0.295. The summed E-state index contributed by atoms with van der Waals surface area (Å²) in [5.41, 5.74) is 0. The van der Waals surface area contributed by atoms with Gasteiger partial charge in [-0.1, -0.05) is 6.92 Å². The van der Waals surface area contributed by atoms with Gasteiger partial charge in [0, 0.05) is 6.04 Å². The number of ether oxygens (including phenoxy) is 1. The first-order valence-electron chi connectivity index (χ1n) is 7.58. The lowest BCUT2D eigenvalue weighted by Gasteiger charge is -2.16. The Morgan fingerprint density at radius 2 is 2.00 bits per heavy atom. The molecule has 1 saturated heterocycles. The van der Waals surface area contributed by atoms with Crippen LogP contribution in [0.2, 0.25) is 0 Å². The fourth-order valence-electron chi connectivity index (χ4n) is 2.36. The van der Waals surface area contributed by atoms with Crippen LogP contribution < -0.4 is 14.8 Å². The van der Waals surface area contributed by atoms with E-state index in [1.807, 2.05) is 6.92 Å². The molecule has 0 bridgehead atoms. The highest BCUT2D eigenvalue weighted by Crippen LogP contribution is 2.17. The lowest BCUT2D eigenvalue weighted by atomic mass is 10.1. The molecule has 21 heavy (non-hydrogen) atoms. The molecular weight excluding hydrogens is 288 g/mol. The van der Waals surface area contributed by atoms with Crippen molar-refractivity contribution >= 4 is 10.0 Å². The van der Waals surface area contributed by atoms with E-state index in [2.05, 4.69) is 10.0 Å². The minimum atomic E-state index is -3.45. The van der Waals surface area contributed by atoms with Crippen LogP contribution in [0.3, 0.4) is 0 Å². The molecule has 0 saturated carbocycles. The van der Waals surface area contributed by atoms with Gasteiger partial charge in [-0.3, -0.25) is 0 Å². The first-order chi connectivity index (χ1) is 10.1. The molecule has 0 aliphatic carbocycles. The van der Waals surface area contributed by atoms with E-state index in [-0.39, 0.29) is 6.04 Å². The van der Waals surface area contributed by atoms with Crippen molar-refractivity contribution in [3.05, 3.63) is 24.3 Å². The van der Waals surface area contributed by atoms with Gasteiger partial charge in [0.25, 0.3) is 0 Å². The largest absolute Gasteiger partial charge is 0.494 e. The Labute approximate surface area is 127 Å². The van der Waals surface area contributed by atoms with Crippen molar-refractivity contribution in [2.45, 2.75) is 43.5 Å². The van der Waals surface area contributed by atoms with Crippen molar-refractivity contribution in [1.82, 2.24) is 10.0 Å². The van der Waals surface area contributed by atoms with Crippen LogP contribution in [-0.2, 0) is 10.0 Å². The molecule has 0 aromatic heterocycles. The van der Waals surface area contributed by atoms with Gasteiger partial charge >= 0.3 is 0 Å². The van der Waals surface area contributed by atoms with Crippen LogP contribution in [0, 0.1) is 0 Å². The molecule has 6 heteroatoms. The van der Waals surface area contributed by atoms with E-state index in [0.717, 1.165) is 38.8 Å². The van der Waals surface area contributed by atoms with E-state index in [0.29, 0.717) is 17.3 Å². The Kier molecular flexibility index (Phi) is 6.02. The summed E-state index contributed by atoms with van der Waals surface area (Å²) in [6.45, 7) is 4.49. The topological polar surface area (TPSA) is 67.4 Å². The standard InChI is InChI=1S/C15H24N2O3S/c1-2-12-20-14-5-7-15(8-6-14)21(18,19)17-13-4-3-10-16-11-9-13/h5-8,13,16-17H,2-4,9-12H2,1H3. The number of hydrogen-bond acceptors (Lipinski definition) is 4. The maximum Gasteiger partial charge on any atom is 0.240 e. The van der Waals surface area contributed by atoms with Gasteiger partial charge in [-0.15, -0.1) is 0 Å². The SMILES string of the molecule is CCCOc1ccc(S(=O)(=O)NC2CCCNCC2)cc1. The molecule has 1 atom stereocenters. The Hall–Kier alpha value is -1.11. The van der Waals surface area contributed by atoms with Crippen molar-refractivity contribution in [3.8, 4) is 5.75 Å². The van der Waals surface area contributed by atoms with Crippen molar-refractivity contribution in [2.24, 2.45) is 0 Å². The molecule has 118 valence electrons. The van der Waals surface area contributed by atoms with Gasteiger partial charge in [-0.2, -0.15) is 0 Å². The maximum atomic E-state index is 12.4. The second-order valence-electron chi connectivity index (χ2n) is 5.32. The predicted molar refractivity (Wildman–Crippen MR) is 83.1 cm³/mol. The third-order valence-corrected chi connectivity index (χ3v) is 5.04. The molecule has 5 nitrogen and oxygen atoms in total. The summed E-state index contributed by atoms with van der Waals surface area (Å²) in [5, 5.41) is 3.28. The highest BCUT2D eigenvalue weighted by Gasteiger charge is 2.20. The monoisotopic (exact) mass is 312 g/mol. The van der Waals surface area contributed by atoms with Gasteiger partial charge in [0.05, 0.1) is 11.5 Å². The molecule has 0 radical (unpaired) electrons. The summed E-state index contributed by atoms with van der Waals surface area (Å²) < 4.78 is 33.0. The average Bonchev–Trinajstić information content (AvgIpc) is 2.73. The summed E-state index contributed by atoms with van der Waals surface area (Å²) in [5.74, 6) is 0.703. The van der Waals surface area contributed by atoms with E-state index in [9.17, 15) is 8.42 Å². The van der Waals surface area contributed by atoms with E-state index in [4.69, 9.17) is 4.74 Å². The normalized spacial score (nSPS) is 20.0. The van der Waals surface area contributed by atoms with Crippen LogP contribution in [0.25, 0.3) is 0 Å². The van der Waals surface area contributed by atoms with Crippen molar-refractivity contribution in [1.29, 1.82) is 0 Å². The number of rotatable bonds is 6. The molecule has 1 heterocycles. The highest BCUT2D eigenvalue weighted by molar-refractivity contribution is 7.89. The fraction of sp³-hybridized carbons (Fsp3) is 0.600. The van der Waals surface area contributed by atoms with Gasteiger partial charge < -0.3 is 10.1 Å². The van der Waals surface area contributed by atoms with E-state index >= 15 is 0 Å². The zero-order valence-electron chi connectivity index (χ0n) is 12.5. The Bertz CT molecular complexity index is 520. The van der Waals surface area contributed by atoms with Gasteiger partial charge in [0.15, 0.2) is 0 Å². The highest BCUT2D eigenvalue weighted by atomic mass is 32.2. The molecule has 1 fully saturated rings. The van der Waals surface area contributed by atoms with Crippen molar-refractivity contribution < 1.29 is 13.2 Å². The summed E-state index contributed by atoms with van der Waals surface area (Å²) in [6, 6.07) is 6.63. The lowest BCUT2D eigenvalue weighted by molar-refractivity contribution is 0.317. The smallest absolute Gasteiger partial charge is 0.240 e. The molecule has 1 aromatic carbocycles. The van der Waals surface area contributed by atoms with Gasteiger partial charge in [0.1, 0.15) is 5.75 Å². The molecule has 1 aromatic rings. The Balaban J connectivity index is 2.01. The maximum absolute atomic E-state index is 12.4. The number of benzene rings is 1. The molecule has 2 N–H and O–H groups in total. The second-order valence-corrected chi connectivity index (χ2v) is 7.03. The number of sulfonamides is 1. The van der Waals surface area contributed by atoms with Crippen LogP contribution >= 0.6 is 0 Å². The Morgan fingerprint density at radius 1 is 1.24 bits per heavy atom. The van der Waals surface area contributed by atoms with Gasteiger partial charge in [-0.05, 0) is 63.0 Å². The third-order valence-electron chi connectivity index (χ3n) is 3.50. The van der Waals surface area contributed by atoms with Crippen LogP contribution in [0.15, 0.2) is 29.2 Å². The summed E-state index contributed by atoms with van der Waals surface area (Å²) in [7, 11) is -3.45. The first-order valence-corrected chi connectivity index (χ1v) is 9.06. The molecule has 0 amide bonds. The molecule has 1 unspecified atom stereocenters. The van der Waals surface area contributed by atoms with Crippen molar-refractivity contribution in [3.63, 3.8) is 0 Å². The zero-order valence-corrected chi connectivity index (χ0v) is 13.3. The van der Waals surface area contributed by atoms with Crippen LogP contribution in [-0.4, -0.2) is 34.2 Å². The second kappa shape index (κ2) is 7.77. The van der Waals surface area contributed by atoms with Crippen LogP contribution in [0.4, 0.5) is 0 Å². The molecule has 2 rings (SSSR count). The van der Waals surface area contributed by atoms with Crippen molar-refractivity contribution in [2.75, 3.05) is 19.7 Å². The third kappa shape index (κ3) is 4.98. The minimum absolute atomic E-state index is 0.0148. The van der Waals surface area contributed by atoms with Crippen LogP contribution in [0.5, 0.6) is 5.75 Å². The molecular formula is C15H24N2O3S. The lowest BCUT2D eigenvalue weighted by Crippen LogP contribution is -2.35. The first kappa shape index (κ1) is 16.3. The fourth-order valence-corrected chi connectivity index (χ4v) is 3.66. The van der Waals surface area contributed by atoms with Gasteiger partial charge in [0.2, 0.25) is 10.0 Å². The van der Waals surface area contributed by atoms with Crippen LogP contribution in [0.1, 0.15) is 32.6 Å². The number of nitrogens with one attached hydrogen (secondary N) is 2. The van der Waals surface area contributed by atoms with E-state index in [1.165, 1.54) is 0 Å². The molecule has 1 aliphatic rings. The minimum Gasteiger partial charge on any atom is -0.494 e.